The molecule has 0 amide bonds. The molecule has 1 aromatic heterocycles. The van der Waals surface area contributed by atoms with Gasteiger partial charge in [0.15, 0.2) is 0 Å². The average molecular weight is 384 g/mol. The Hall–Kier alpha value is -1.01. The maximum Gasteiger partial charge on any atom is 0.147 e. The third kappa shape index (κ3) is 4.14. The van der Waals surface area contributed by atoms with E-state index in [9.17, 15) is 0 Å². The van der Waals surface area contributed by atoms with Crippen molar-refractivity contribution in [2.45, 2.75) is 42.1 Å². The fourth-order valence-electron chi connectivity index (χ4n) is 2.77. The molecule has 1 unspecified atom stereocenters. The molecule has 0 aliphatic carbocycles. The number of aromatic nitrogens is 2. The molecule has 2 heterocycles. The summed E-state index contributed by atoms with van der Waals surface area (Å²) in [6, 6.07) is 6.16. The predicted octanol–water partition coefficient (Wildman–Crippen LogP) is 3.84. The van der Waals surface area contributed by atoms with Crippen molar-refractivity contribution in [1.82, 2.24) is 9.97 Å². The Kier molecular flexibility index (Phi) is 5.87. The third-order valence-corrected chi connectivity index (χ3v) is 6.27. The monoisotopic (exact) mass is 383 g/mol. The van der Waals surface area contributed by atoms with Gasteiger partial charge < -0.3 is 10.6 Å². The van der Waals surface area contributed by atoms with Crippen LogP contribution in [0.5, 0.6) is 0 Å². The second-order valence-corrected chi connectivity index (χ2v) is 7.87. The Labute approximate surface area is 156 Å². The van der Waals surface area contributed by atoms with Gasteiger partial charge in [-0.3, -0.25) is 0 Å². The number of rotatable bonds is 3. The van der Waals surface area contributed by atoms with Crippen molar-refractivity contribution in [2.75, 3.05) is 18.0 Å². The minimum atomic E-state index is 0.545. The maximum atomic E-state index is 6.27. The summed E-state index contributed by atoms with van der Waals surface area (Å²) in [5, 5.41) is 1.97. The minimum Gasteiger partial charge on any atom is -0.355 e. The van der Waals surface area contributed by atoms with E-state index < -0.39 is 0 Å². The molecule has 1 aromatic carbocycles. The Bertz CT molecular complexity index is 726. The van der Waals surface area contributed by atoms with Crippen molar-refractivity contribution < 1.29 is 5.73 Å². The molecule has 1 saturated heterocycles. The molecular weight excluding hydrogens is 363 g/mol. The van der Waals surface area contributed by atoms with Crippen molar-refractivity contribution in [2.24, 2.45) is 0 Å². The first-order chi connectivity index (χ1) is 11.5. The lowest BCUT2D eigenvalue weighted by Crippen LogP contribution is -2.60. The van der Waals surface area contributed by atoms with E-state index in [1.165, 1.54) is 18.2 Å². The summed E-state index contributed by atoms with van der Waals surface area (Å²) < 4.78 is 0. The van der Waals surface area contributed by atoms with Gasteiger partial charge in [-0.2, -0.15) is 0 Å². The van der Waals surface area contributed by atoms with E-state index in [0.717, 1.165) is 47.4 Å². The summed E-state index contributed by atoms with van der Waals surface area (Å²) in [6.07, 6.45) is 5.31. The van der Waals surface area contributed by atoms with Crippen LogP contribution in [-0.2, 0) is 0 Å². The molecule has 2 aromatic rings. The number of hydrogen-bond acceptors (Lipinski definition) is 4. The molecule has 3 N–H and O–H groups in total. The molecule has 7 heteroatoms. The number of benzene rings is 1. The number of hydrogen-bond donors (Lipinski definition) is 1. The first-order valence-corrected chi connectivity index (χ1v) is 9.65. The maximum absolute atomic E-state index is 6.27. The predicted molar refractivity (Wildman–Crippen MR) is 100 cm³/mol. The zero-order valence-electron chi connectivity index (χ0n) is 13.6. The molecule has 1 atom stereocenters. The van der Waals surface area contributed by atoms with Gasteiger partial charge in [0.05, 0.1) is 28.0 Å². The van der Waals surface area contributed by atoms with Crippen LogP contribution in [0.3, 0.4) is 0 Å². The van der Waals surface area contributed by atoms with Gasteiger partial charge in [0.2, 0.25) is 0 Å². The summed E-state index contributed by atoms with van der Waals surface area (Å²) >= 11 is 13.8. The Morgan fingerprint density at radius 1 is 1.25 bits per heavy atom. The number of quaternary nitrogens is 1. The second-order valence-electron chi connectivity index (χ2n) is 6.06. The van der Waals surface area contributed by atoms with Crippen LogP contribution in [0, 0.1) is 6.92 Å². The Morgan fingerprint density at radius 3 is 2.88 bits per heavy atom. The molecule has 1 aliphatic rings. The second kappa shape index (κ2) is 7.91. The molecule has 1 aliphatic heterocycles. The first-order valence-electron chi connectivity index (χ1n) is 8.08. The summed E-state index contributed by atoms with van der Waals surface area (Å²) in [4.78, 5) is 12.6. The van der Waals surface area contributed by atoms with Crippen molar-refractivity contribution in [3.05, 3.63) is 40.1 Å². The van der Waals surface area contributed by atoms with Crippen LogP contribution in [0.2, 0.25) is 10.0 Å². The Morgan fingerprint density at radius 2 is 2.08 bits per heavy atom. The van der Waals surface area contributed by atoms with Crippen molar-refractivity contribution in [1.29, 1.82) is 0 Å². The standard InChI is InChI=1S/C17H20Cl2N4S/c1-11-17(24-14-6-2-5-13(18)16(14)19)21-10-15(22-11)23-8-3-4-12(20)7-9-23/h2,5-6,10,12H,3-4,7-9,20H2,1H3/p+1. The molecular formula is C17H21Cl2N4S+. The first kappa shape index (κ1) is 17.8. The van der Waals surface area contributed by atoms with E-state index in [0.29, 0.717) is 16.1 Å². The normalized spacial score (nSPS) is 18.5. The highest BCUT2D eigenvalue weighted by atomic mass is 35.5. The SMILES string of the molecule is Cc1nc(N2CCCC([NH3+])CC2)cnc1Sc1cccc(Cl)c1Cl. The number of aryl methyl sites for hydroxylation is 1. The molecule has 0 bridgehead atoms. The van der Waals surface area contributed by atoms with Gasteiger partial charge in [0, 0.05) is 30.8 Å². The summed E-state index contributed by atoms with van der Waals surface area (Å²) in [5.74, 6) is 0.947. The zero-order valence-corrected chi connectivity index (χ0v) is 16.0. The zero-order chi connectivity index (χ0) is 17.1. The number of halogens is 2. The lowest BCUT2D eigenvalue weighted by atomic mass is 10.1. The van der Waals surface area contributed by atoms with Gasteiger partial charge in [-0.05, 0) is 25.5 Å². The minimum absolute atomic E-state index is 0.545. The van der Waals surface area contributed by atoms with Crippen molar-refractivity contribution in [3.8, 4) is 0 Å². The molecule has 3 rings (SSSR count). The fourth-order valence-corrected chi connectivity index (χ4v) is 4.10. The molecule has 1 fully saturated rings. The van der Waals surface area contributed by atoms with Crippen LogP contribution >= 0.6 is 35.0 Å². The molecule has 128 valence electrons. The Balaban J connectivity index is 1.78. The van der Waals surface area contributed by atoms with Crippen molar-refractivity contribution >= 4 is 40.8 Å². The topological polar surface area (TPSA) is 56.7 Å². The number of anilines is 1. The van der Waals surface area contributed by atoms with E-state index in [1.54, 1.807) is 6.07 Å². The van der Waals surface area contributed by atoms with Gasteiger partial charge in [0.25, 0.3) is 0 Å². The number of nitrogens with zero attached hydrogens (tertiary/aromatic N) is 3. The highest BCUT2D eigenvalue weighted by Crippen LogP contribution is 2.37. The van der Waals surface area contributed by atoms with Gasteiger partial charge in [-0.25, -0.2) is 9.97 Å². The average Bonchev–Trinajstić information content (AvgIpc) is 2.78. The lowest BCUT2D eigenvalue weighted by molar-refractivity contribution is -0.421. The van der Waals surface area contributed by atoms with E-state index in [4.69, 9.17) is 28.2 Å². The van der Waals surface area contributed by atoms with E-state index in [1.807, 2.05) is 25.3 Å². The van der Waals surface area contributed by atoms with Crippen LogP contribution in [-0.4, -0.2) is 29.1 Å². The highest BCUT2D eigenvalue weighted by Gasteiger charge is 2.18. The molecule has 0 saturated carbocycles. The van der Waals surface area contributed by atoms with Crippen molar-refractivity contribution in [3.63, 3.8) is 0 Å². The van der Waals surface area contributed by atoms with Crippen LogP contribution < -0.4 is 10.6 Å². The summed E-state index contributed by atoms with van der Waals surface area (Å²) in [5.41, 5.74) is 5.10. The van der Waals surface area contributed by atoms with E-state index in [2.05, 4.69) is 15.6 Å². The van der Waals surface area contributed by atoms with Crippen LogP contribution in [0.15, 0.2) is 34.3 Å². The smallest absolute Gasteiger partial charge is 0.147 e. The quantitative estimate of drug-likeness (QED) is 0.874. The van der Waals surface area contributed by atoms with Gasteiger partial charge in [0.1, 0.15) is 10.8 Å². The highest BCUT2D eigenvalue weighted by molar-refractivity contribution is 7.99. The fraction of sp³-hybridized carbons (Fsp3) is 0.412. The molecule has 0 radical (unpaired) electrons. The van der Waals surface area contributed by atoms with Gasteiger partial charge >= 0.3 is 0 Å². The van der Waals surface area contributed by atoms with E-state index in [-0.39, 0.29) is 0 Å². The molecule has 24 heavy (non-hydrogen) atoms. The van der Waals surface area contributed by atoms with Crippen LogP contribution in [0.25, 0.3) is 0 Å². The van der Waals surface area contributed by atoms with Crippen LogP contribution in [0.1, 0.15) is 25.0 Å². The lowest BCUT2D eigenvalue weighted by Gasteiger charge is -2.21. The third-order valence-electron chi connectivity index (χ3n) is 4.18. The molecule has 0 spiro atoms. The largest absolute Gasteiger partial charge is 0.355 e. The summed E-state index contributed by atoms with van der Waals surface area (Å²) in [7, 11) is 0. The van der Waals surface area contributed by atoms with Crippen LogP contribution in [0.4, 0.5) is 5.82 Å². The van der Waals surface area contributed by atoms with Gasteiger partial charge in [-0.1, -0.05) is 41.0 Å². The van der Waals surface area contributed by atoms with Gasteiger partial charge in [-0.15, -0.1) is 0 Å². The van der Waals surface area contributed by atoms with E-state index >= 15 is 0 Å². The summed E-state index contributed by atoms with van der Waals surface area (Å²) in [6.45, 7) is 4.00. The molecule has 4 nitrogen and oxygen atoms in total.